The van der Waals surface area contributed by atoms with Crippen molar-refractivity contribution >= 4 is 17.3 Å². The minimum atomic E-state index is -0.638. The van der Waals surface area contributed by atoms with E-state index >= 15 is 0 Å². The van der Waals surface area contributed by atoms with E-state index in [1.165, 1.54) is 12.1 Å². The smallest absolute Gasteiger partial charge is 0.250 e. The molecule has 0 unspecified atom stereocenters. The van der Waals surface area contributed by atoms with Gasteiger partial charge in [-0.05, 0) is 51.0 Å². The molecule has 1 saturated heterocycles. The van der Waals surface area contributed by atoms with Gasteiger partial charge in [0.05, 0.1) is 11.3 Å². The third-order valence-corrected chi connectivity index (χ3v) is 4.17. The maximum atomic E-state index is 14.1. The van der Waals surface area contributed by atoms with Gasteiger partial charge in [0.2, 0.25) is 0 Å². The van der Waals surface area contributed by atoms with Gasteiger partial charge in [0.25, 0.3) is 5.91 Å². The monoisotopic (exact) mass is 294 g/mol. The quantitative estimate of drug-likeness (QED) is 0.820. The number of carbonyl (C=O) groups is 1. The number of carbonyl (C=O) groups excluding carboxylic acids is 1. The lowest BCUT2D eigenvalue weighted by molar-refractivity contribution is 0.100. The number of nitrogens with two attached hydrogens (primary N) is 2. The molecule has 4 N–H and O–H groups in total. The number of primary amides is 1. The SMILES string of the molecule is CN1CCC(CN(C)c2cc(C(N)=O)c(N)cc2F)CC1. The molecule has 6 heteroatoms. The average molecular weight is 294 g/mol. The fourth-order valence-corrected chi connectivity index (χ4v) is 2.81. The van der Waals surface area contributed by atoms with Crippen molar-refractivity contribution < 1.29 is 9.18 Å². The summed E-state index contributed by atoms with van der Waals surface area (Å²) in [6.07, 6.45) is 2.19. The summed E-state index contributed by atoms with van der Waals surface area (Å²) >= 11 is 0. The fraction of sp³-hybridized carbons (Fsp3) is 0.533. The molecule has 2 rings (SSSR count). The first-order valence-corrected chi connectivity index (χ1v) is 7.17. The molecule has 0 aromatic heterocycles. The Morgan fingerprint density at radius 2 is 2.05 bits per heavy atom. The molecule has 0 saturated carbocycles. The van der Waals surface area contributed by atoms with Crippen molar-refractivity contribution in [2.24, 2.45) is 11.7 Å². The molecule has 0 radical (unpaired) electrons. The zero-order valence-corrected chi connectivity index (χ0v) is 12.6. The topological polar surface area (TPSA) is 75.6 Å². The molecular weight excluding hydrogens is 271 g/mol. The van der Waals surface area contributed by atoms with E-state index in [1.807, 2.05) is 11.9 Å². The normalized spacial score (nSPS) is 16.9. The second kappa shape index (κ2) is 6.30. The summed E-state index contributed by atoms with van der Waals surface area (Å²) in [6.45, 7) is 2.89. The predicted molar refractivity (Wildman–Crippen MR) is 82.8 cm³/mol. The van der Waals surface area contributed by atoms with E-state index in [4.69, 9.17) is 11.5 Å². The summed E-state index contributed by atoms with van der Waals surface area (Å²) in [4.78, 5) is 15.5. The number of rotatable bonds is 4. The third kappa shape index (κ3) is 3.64. The van der Waals surface area contributed by atoms with Gasteiger partial charge in [0.1, 0.15) is 5.82 Å². The standard InChI is InChI=1S/C15H23FN4O/c1-19-5-3-10(4-6-19)9-20(2)14-7-11(15(18)21)13(17)8-12(14)16/h7-8,10H,3-6,9,17H2,1-2H3,(H2,18,21). The Kier molecular flexibility index (Phi) is 4.67. The minimum Gasteiger partial charge on any atom is -0.398 e. The molecule has 21 heavy (non-hydrogen) atoms. The van der Waals surface area contributed by atoms with Gasteiger partial charge in [-0.25, -0.2) is 4.39 Å². The molecule has 1 heterocycles. The summed E-state index contributed by atoms with van der Waals surface area (Å²) in [5.41, 5.74) is 11.5. The lowest BCUT2D eigenvalue weighted by Crippen LogP contribution is -2.36. The first kappa shape index (κ1) is 15.6. The van der Waals surface area contributed by atoms with Crippen molar-refractivity contribution in [2.75, 3.05) is 44.4 Å². The second-order valence-electron chi connectivity index (χ2n) is 5.88. The van der Waals surface area contributed by atoms with Crippen LogP contribution in [0.2, 0.25) is 0 Å². The lowest BCUT2D eigenvalue weighted by atomic mass is 9.96. The van der Waals surface area contributed by atoms with Gasteiger partial charge in [0.15, 0.2) is 0 Å². The number of nitrogens with zero attached hydrogens (tertiary/aromatic N) is 2. The van der Waals surface area contributed by atoms with E-state index < -0.39 is 11.7 Å². The van der Waals surface area contributed by atoms with Crippen molar-refractivity contribution in [3.05, 3.63) is 23.5 Å². The van der Waals surface area contributed by atoms with E-state index in [1.54, 1.807) is 0 Å². The van der Waals surface area contributed by atoms with Crippen LogP contribution < -0.4 is 16.4 Å². The zero-order valence-electron chi connectivity index (χ0n) is 12.6. The Morgan fingerprint density at radius 3 is 2.62 bits per heavy atom. The number of likely N-dealkylation sites (tertiary alicyclic amines) is 1. The molecule has 5 nitrogen and oxygen atoms in total. The first-order chi connectivity index (χ1) is 9.88. The van der Waals surface area contributed by atoms with Crippen LogP contribution in [-0.2, 0) is 0 Å². The Morgan fingerprint density at radius 1 is 1.43 bits per heavy atom. The number of amides is 1. The Labute approximate surface area is 124 Å². The van der Waals surface area contributed by atoms with Gasteiger partial charge in [-0.1, -0.05) is 0 Å². The summed E-state index contributed by atoms with van der Waals surface area (Å²) < 4.78 is 14.1. The number of piperidine rings is 1. The molecule has 0 bridgehead atoms. The second-order valence-corrected chi connectivity index (χ2v) is 5.88. The van der Waals surface area contributed by atoms with Crippen molar-refractivity contribution in [1.82, 2.24) is 4.90 Å². The third-order valence-electron chi connectivity index (χ3n) is 4.17. The van der Waals surface area contributed by atoms with Gasteiger partial charge < -0.3 is 21.3 Å². The molecule has 1 aromatic carbocycles. The Bertz CT molecular complexity index is 527. The number of hydrogen-bond acceptors (Lipinski definition) is 4. The van der Waals surface area contributed by atoms with Crippen molar-refractivity contribution in [2.45, 2.75) is 12.8 Å². The first-order valence-electron chi connectivity index (χ1n) is 7.17. The van der Waals surface area contributed by atoms with Crippen molar-refractivity contribution in [3.8, 4) is 0 Å². The number of halogens is 1. The number of benzene rings is 1. The molecule has 0 aliphatic carbocycles. The van der Waals surface area contributed by atoms with Crippen LogP contribution in [0.25, 0.3) is 0 Å². The largest absolute Gasteiger partial charge is 0.398 e. The van der Waals surface area contributed by atoms with Crippen LogP contribution >= 0.6 is 0 Å². The molecule has 1 aromatic rings. The summed E-state index contributed by atoms with van der Waals surface area (Å²) in [7, 11) is 3.94. The Hall–Kier alpha value is -1.82. The van der Waals surface area contributed by atoms with Crippen LogP contribution in [0.4, 0.5) is 15.8 Å². The van der Waals surface area contributed by atoms with Crippen LogP contribution in [-0.4, -0.2) is 44.5 Å². The van der Waals surface area contributed by atoms with Gasteiger partial charge in [-0.15, -0.1) is 0 Å². The van der Waals surface area contributed by atoms with Crippen LogP contribution in [0.5, 0.6) is 0 Å². The van der Waals surface area contributed by atoms with Crippen LogP contribution in [0.1, 0.15) is 23.2 Å². The van der Waals surface area contributed by atoms with Gasteiger partial charge >= 0.3 is 0 Å². The van der Waals surface area contributed by atoms with E-state index in [9.17, 15) is 9.18 Å². The van der Waals surface area contributed by atoms with Crippen LogP contribution in [0.3, 0.4) is 0 Å². The highest BCUT2D eigenvalue weighted by atomic mass is 19.1. The average Bonchev–Trinajstić information content (AvgIpc) is 2.40. The fourth-order valence-electron chi connectivity index (χ4n) is 2.81. The van der Waals surface area contributed by atoms with Crippen molar-refractivity contribution in [3.63, 3.8) is 0 Å². The summed E-state index contributed by atoms with van der Waals surface area (Å²) in [5, 5.41) is 0. The van der Waals surface area contributed by atoms with E-state index in [0.717, 1.165) is 32.5 Å². The number of nitrogen functional groups attached to an aromatic ring is 1. The van der Waals surface area contributed by atoms with Crippen LogP contribution in [0.15, 0.2) is 12.1 Å². The molecule has 1 amide bonds. The molecule has 0 spiro atoms. The van der Waals surface area contributed by atoms with E-state index in [2.05, 4.69) is 11.9 Å². The summed E-state index contributed by atoms with van der Waals surface area (Å²) in [5.74, 6) is -0.533. The number of anilines is 2. The molecule has 1 fully saturated rings. The maximum Gasteiger partial charge on any atom is 0.250 e. The van der Waals surface area contributed by atoms with Crippen molar-refractivity contribution in [1.29, 1.82) is 0 Å². The minimum absolute atomic E-state index is 0.0800. The molecule has 1 aliphatic rings. The molecule has 0 atom stereocenters. The highest BCUT2D eigenvalue weighted by molar-refractivity contribution is 5.99. The molecule has 1 aliphatic heterocycles. The van der Waals surface area contributed by atoms with Gasteiger partial charge in [-0.3, -0.25) is 4.79 Å². The predicted octanol–water partition coefficient (Wildman–Crippen LogP) is 1.28. The van der Waals surface area contributed by atoms with Crippen LogP contribution in [0, 0.1) is 11.7 Å². The lowest BCUT2D eigenvalue weighted by Gasteiger charge is -2.32. The van der Waals surface area contributed by atoms with Gasteiger partial charge in [0, 0.05) is 19.3 Å². The highest BCUT2D eigenvalue weighted by Crippen LogP contribution is 2.26. The van der Waals surface area contributed by atoms with E-state index in [-0.39, 0.29) is 11.3 Å². The molecular formula is C15H23FN4O. The zero-order chi connectivity index (χ0) is 15.6. The summed E-state index contributed by atoms with van der Waals surface area (Å²) in [6, 6.07) is 2.61. The van der Waals surface area contributed by atoms with Gasteiger partial charge in [-0.2, -0.15) is 0 Å². The number of hydrogen-bond donors (Lipinski definition) is 2. The molecule has 116 valence electrons. The maximum absolute atomic E-state index is 14.1. The Balaban J connectivity index is 2.13. The highest BCUT2D eigenvalue weighted by Gasteiger charge is 2.21. The van der Waals surface area contributed by atoms with E-state index in [0.29, 0.717) is 11.6 Å².